The normalized spacial score (nSPS) is 29.8. The molecule has 102 valence electrons. The van der Waals surface area contributed by atoms with E-state index in [1.807, 2.05) is 0 Å². The number of aromatic nitrogens is 2. The summed E-state index contributed by atoms with van der Waals surface area (Å²) < 4.78 is 11.2. The third-order valence-corrected chi connectivity index (χ3v) is 3.44. The summed E-state index contributed by atoms with van der Waals surface area (Å²) in [5.74, 6) is -0.794. The van der Waals surface area contributed by atoms with E-state index < -0.39 is 5.97 Å². The topological polar surface area (TPSA) is 93.6 Å². The van der Waals surface area contributed by atoms with E-state index in [-0.39, 0.29) is 17.5 Å². The van der Waals surface area contributed by atoms with Gasteiger partial charge in [0.05, 0.1) is 25.4 Å². The van der Waals surface area contributed by atoms with Gasteiger partial charge < -0.3 is 19.9 Å². The van der Waals surface area contributed by atoms with Gasteiger partial charge >= 0.3 is 5.97 Å². The lowest BCUT2D eigenvalue weighted by molar-refractivity contribution is -0.194. The van der Waals surface area contributed by atoms with Crippen LogP contribution in [0.25, 0.3) is 0 Å². The second kappa shape index (κ2) is 4.75. The maximum Gasteiger partial charge on any atom is 0.374 e. The molecule has 2 N–H and O–H groups in total. The van der Waals surface area contributed by atoms with Crippen molar-refractivity contribution in [3.8, 4) is 0 Å². The van der Waals surface area contributed by atoms with Crippen molar-refractivity contribution < 1.29 is 19.4 Å². The molecule has 1 spiro atoms. The average molecular weight is 265 g/mol. The van der Waals surface area contributed by atoms with Gasteiger partial charge in [0.2, 0.25) is 5.82 Å². The Kier molecular flexibility index (Phi) is 3.08. The van der Waals surface area contributed by atoms with Crippen molar-refractivity contribution in [2.24, 2.45) is 0 Å². The highest BCUT2D eigenvalue weighted by Gasteiger charge is 2.47. The Balaban J connectivity index is 1.58. The molecular formula is C12H15N3O4. The lowest BCUT2D eigenvalue weighted by Crippen LogP contribution is -2.57. The van der Waals surface area contributed by atoms with Crippen LogP contribution >= 0.6 is 0 Å². The summed E-state index contributed by atoms with van der Waals surface area (Å²) >= 11 is 0. The number of hydrogen-bond acceptors (Lipinski definition) is 6. The molecule has 1 aliphatic carbocycles. The first kappa shape index (κ1) is 12.3. The lowest BCUT2D eigenvalue weighted by atomic mass is 9.75. The fraction of sp³-hybridized carbons (Fsp3) is 0.583. The predicted molar refractivity (Wildman–Crippen MR) is 65.1 cm³/mol. The number of ether oxygens (including phenoxy) is 2. The maximum absolute atomic E-state index is 10.8. The van der Waals surface area contributed by atoms with E-state index in [1.54, 1.807) is 6.07 Å². The molecule has 1 aromatic rings. The fourth-order valence-corrected chi connectivity index (χ4v) is 2.54. The zero-order valence-corrected chi connectivity index (χ0v) is 10.3. The molecule has 0 radical (unpaired) electrons. The molecule has 7 heteroatoms. The highest BCUT2D eigenvalue weighted by Crippen LogP contribution is 2.39. The largest absolute Gasteiger partial charge is 0.475 e. The van der Waals surface area contributed by atoms with Crippen LogP contribution < -0.4 is 5.32 Å². The first-order chi connectivity index (χ1) is 9.17. The van der Waals surface area contributed by atoms with E-state index in [9.17, 15) is 4.79 Å². The zero-order chi connectivity index (χ0) is 13.3. The molecular weight excluding hydrogens is 250 g/mol. The van der Waals surface area contributed by atoms with Gasteiger partial charge in [-0.2, -0.15) is 0 Å². The van der Waals surface area contributed by atoms with Crippen LogP contribution in [0.4, 0.5) is 5.82 Å². The summed E-state index contributed by atoms with van der Waals surface area (Å²) in [6.45, 7) is 1.94. The summed E-state index contributed by atoms with van der Waals surface area (Å²) in [4.78, 5) is 18.4. The number of carboxylic acid groups (broad SMARTS) is 1. The van der Waals surface area contributed by atoms with Gasteiger partial charge in [0, 0.05) is 12.2 Å². The number of rotatable bonds is 3. The zero-order valence-electron chi connectivity index (χ0n) is 10.3. The van der Waals surface area contributed by atoms with Crippen molar-refractivity contribution in [2.75, 3.05) is 25.1 Å². The van der Waals surface area contributed by atoms with Crippen LogP contribution in [0, 0.1) is 0 Å². The minimum Gasteiger partial charge on any atom is -0.475 e. The Morgan fingerprint density at radius 1 is 1.47 bits per heavy atom. The molecule has 1 saturated carbocycles. The Morgan fingerprint density at radius 3 is 3.00 bits per heavy atom. The molecule has 2 fully saturated rings. The van der Waals surface area contributed by atoms with Gasteiger partial charge in [-0.15, -0.1) is 0 Å². The molecule has 7 nitrogen and oxygen atoms in total. The van der Waals surface area contributed by atoms with Crippen LogP contribution in [0.1, 0.15) is 23.5 Å². The summed E-state index contributed by atoms with van der Waals surface area (Å²) in [5.41, 5.74) is -0.154. The predicted octanol–water partition coefficient (Wildman–Crippen LogP) is 0.535. The SMILES string of the molecule is O=C(O)c1nccc(NC2CC3(COCCO3)C2)n1. The summed E-state index contributed by atoms with van der Waals surface area (Å²) in [6, 6.07) is 1.90. The quantitative estimate of drug-likeness (QED) is 0.823. The fourth-order valence-electron chi connectivity index (χ4n) is 2.54. The maximum atomic E-state index is 10.8. The summed E-state index contributed by atoms with van der Waals surface area (Å²) in [6.07, 6.45) is 3.13. The molecule has 1 aromatic heterocycles. The van der Waals surface area contributed by atoms with Gasteiger partial charge in [0.15, 0.2) is 0 Å². The Bertz CT molecular complexity index is 480. The van der Waals surface area contributed by atoms with Crippen molar-refractivity contribution in [1.29, 1.82) is 0 Å². The van der Waals surface area contributed by atoms with Crippen molar-refractivity contribution >= 4 is 11.8 Å². The molecule has 2 heterocycles. The van der Waals surface area contributed by atoms with Crippen LogP contribution in [0.2, 0.25) is 0 Å². The first-order valence-electron chi connectivity index (χ1n) is 6.21. The minimum absolute atomic E-state index is 0.154. The number of nitrogens with zero attached hydrogens (tertiary/aromatic N) is 2. The van der Waals surface area contributed by atoms with Gasteiger partial charge in [-0.3, -0.25) is 0 Å². The molecule has 2 aliphatic rings. The molecule has 19 heavy (non-hydrogen) atoms. The van der Waals surface area contributed by atoms with Crippen molar-refractivity contribution in [2.45, 2.75) is 24.5 Å². The molecule has 1 aliphatic heterocycles. The number of aromatic carboxylic acids is 1. The Morgan fingerprint density at radius 2 is 2.32 bits per heavy atom. The number of nitrogens with one attached hydrogen (secondary N) is 1. The third kappa shape index (κ3) is 2.52. The second-order valence-electron chi connectivity index (χ2n) is 4.90. The van der Waals surface area contributed by atoms with E-state index in [0.717, 1.165) is 12.8 Å². The molecule has 0 aromatic carbocycles. The average Bonchev–Trinajstić information content (AvgIpc) is 2.38. The van der Waals surface area contributed by atoms with Crippen LogP contribution in [0.3, 0.4) is 0 Å². The highest BCUT2D eigenvalue weighted by atomic mass is 16.6. The first-order valence-corrected chi connectivity index (χ1v) is 6.21. The smallest absolute Gasteiger partial charge is 0.374 e. The van der Waals surface area contributed by atoms with Crippen molar-refractivity contribution in [3.05, 3.63) is 18.1 Å². The van der Waals surface area contributed by atoms with Crippen LogP contribution in [-0.2, 0) is 9.47 Å². The summed E-state index contributed by atoms with van der Waals surface area (Å²) in [7, 11) is 0. The monoisotopic (exact) mass is 265 g/mol. The van der Waals surface area contributed by atoms with Crippen LogP contribution in [0.15, 0.2) is 12.3 Å². The molecule has 1 saturated heterocycles. The van der Waals surface area contributed by atoms with Gasteiger partial charge in [-0.25, -0.2) is 14.8 Å². The van der Waals surface area contributed by atoms with Crippen LogP contribution in [0.5, 0.6) is 0 Å². The third-order valence-electron chi connectivity index (χ3n) is 3.44. The van der Waals surface area contributed by atoms with E-state index in [2.05, 4.69) is 15.3 Å². The Labute approximate surface area is 110 Å². The van der Waals surface area contributed by atoms with Gasteiger partial charge in [-0.05, 0) is 18.9 Å². The van der Waals surface area contributed by atoms with E-state index in [1.165, 1.54) is 6.20 Å². The molecule has 0 atom stereocenters. The molecule has 3 rings (SSSR count). The standard InChI is InChI=1S/C12H15N3O4/c16-11(17)10-13-2-1-9(15-10)14-8-5-12(6-8)7-18-3-4-19-12/h1-2,8H,3-7H2,(H,16,17)(H,13,14,15). The number of hydrogen-bond donors (Lipinski definition) is 2. The highest BCUT2D eigenvalue weighted by molar-refractivity contribution is 5.83. The molecule has 0 amide bonds. The van der Waals surface area contributed by atoms with Gasteiger partial charge in [0.25, 0.3) is 0 Å². The molecule has 0 unspecified atom stereocenters. The Hall–Kier alpha value is -1.73. The van der Waals surface area contributed by atoms with E-state index >= 15 is 0 Å². The number of carboxylic acids is 1. The van der Waals surface area contributed by atoms with Crippen LogP contribution in [-0.4, -0.2) is 52.5 Å². The van der Waals surface area contributed by atoms with E-state index in [4.69, 9.17) is 14.6 Å². The summed E-state index contributed by atoms with van der Waals surface area (Å²) in [5, 5.41) is 12.0. The van der Waals surface area contributed by atoms with E-state index in [0.29, 0.717) is 25.6 Å². The van der Waals surface area contributed by atoms with Gasteiger partial charge in [0.1, 0.15) is 5.82 Å². The van der Waals surface area contributed by atoms with Crippen molar-refractivity contribution in [1.82, 2.24) is 9.97 Å². The van der Waals surface area contributed by atoms with Gasteiger partial charge in [-0.1, -0.05) is 0 Å². The minimum atomic E-state index is -1.13. The second-order valence-corrected chi connectivity index (χ2v) is 4.90. The number of anilines is 1. The molecule has 0 bridgehead atoms. The lowest BCUT2D eigenvalue weighted by Gasteiger charge is -2.49. The number of carbonyl (C=O) groups is 1. The van der Waals surface area contributed by atoms with Crippen molar-refractivity contribution in [3.63, 3.8) is 0 Å².